The van der Waals surface area contributed by atoms with Crippen LogP contribution in [-0.4, -0.2) is 74.5 Å². The third-order valence-corrected chi connectivity index (χ3v) is 7.87. The topological polar surface area (TPSA) is 132 Å². The Balaban J connectivity index is 0.000000455. The number of aliphatic hydroxyl groups is 1. The van der Waals surface area contributed by atoms with Gasteiger partial charge in [-0.2, -0.15) is 0 Å². The van der Waals surface area contributed by atoms with Crippen LogP contribution in [0.25, 0.3) is 10.2 Å². The summed E-state index contributed by atoms with van der Waals surface area (Å²) in [6.45, 7) is 2.42. The Morgan fingerprint density at radius 1 is 1.11 bits per heavy atom. The summed E-state index contributed by atoms with van der Waals surface area (Å²) < 4.78 is 7.48. The van der Waals surface area contributed by atoms with Crippen molar-refractivity contribution in [1.29, 1.82) is 0 Å². The number of nitrogens with one attached hydrogen (secondary N) is 1. The van der Waals surface area contributed by atoms with Gasteiger partial charge in [0, 0.05) is 25.2 Å². The van der Waals surface area contributed by atoms with E-state index in [-0.39, 0.29) is 12.1 Å². The highest BCUT2D eigenvalue weighted by atomic mass is 32.1. The molecule has 9 nitrogen and oxygen atoms in total. The molecule has 2 fully saturated rings. The van der Waals surface area contributed by atoms with Crippen LogP contribution in [-0.2, 0) is 16.1 Å². The SMILES string of the molecule is O=C(O)C(=O)O.OCCN1C2CCC1(COc1ccccc1)CC(NCc1nc3ccccc3s1)C2. The number of nitrogens with zero attached hydrogens (tertiary/aromatic N) is 2. The van der Waals surface area contributed by atoms with Gasteiger partial charge in [-0.25, -0.2) is 14.6 Å². The zero-order chi connectivity index (χ0) is 25.5. The van der Waals surface area contributed by atoms with Gasteiger partial charge in [0.15, 0.2) is 0 Å². The predicted molar refractivity (Wildman–Crippen MR) is 136 cm³/mol. The van der Waals surface area contributed by atoms with Crippen molar-refractivity contribution in [2.75, 3.05) is 19.8 Å². The molecule has 2 aromatic carbocycles. The van der Waals surface area contributed by atoms with Crippen LogP contribution in [0.5, 0.6) is 5.75 Å². The van der Waals surface area contributed by atoms with Crippen molar-refractivity contribution in [3.05, 3.63) is 59.6 Å². The fourth-order valence-corrected chi connectivity index (χ4v) is 6.23. The van der Waals surface area contributed by atoms with Crippen LogP contribution in [0.3, 0.4) is 0 Å². The highest BCUT2D eigenvalue weighted by molar-refractivity contribution is 7.18. The normalized spacial score (nSPS) is 23.1. The number of aliphatic carboxylic acids is 2. The number of benzene rings is 2. The van der Waals surface area contributed by atoms with Crippen molar-refractivity contribution < 1.29 is 29.6 Å². The number of aromatic nitrogens is 1. The van der Waals surface area contributed by atoms with E-state index in [4.69, 9.17) is 29.5 Å². The van der Waals surface area contributed by atoms with E-state index >= 15 is 0 Å². The zero-order valence-electron chi connectivity index (χ0n) is 19.9. The van der Waals surface area contributed by atoms with Crippen molar-refractivity contribution in [2.24, 2.45) is 0 Å². The molecule has 5 rings (SSSR count). The van der Waals surface area contributed by atoms with E-state index < -0.39 is 11.9 Å². The maximum Gasteiger partial charge on any atom is 0.414 e. The van der Waals surface area contributed by atoms with Gasteiger partial charge < -0.3 is 25.4 Å². The van der Waals surface area contributed by atoms with E-state index in [9.17, 15) is 5.11 Å². The third kappa shape index (κ3) is 6.19. The second kappa shape index (κ2) is 11.8. The number of carboxylic acids is 2. The Bertz CT molecular complexity index is 1130. The minimum atomic E-state index is -1.82. The summed E-state index contributed by atoms with van der Waals surface area (Å²) in [5, 5.41) is 29.4. The van der Waals surface area contributed by atoms with Crippen LogP contribution in [0.4, 0.5) is 0 Å². The lowest BCUT2D eigenvalue weighted by Gasteiger charge is -2.47. The summed E-state index contributed by atoms with van der Waals surface area (Å²) >= 11 is 1.78. The Hall–Kier alpha value is -3.05. The average Bonchev–Trinajstić information content (AvgIpc) is 3.38. The second-order valence-corrected chi connectivity index (χ2v) is 10.3. The first-order valence-electron chi connectivity index (χ1n) is 12.0. The molecule has 3 heterocycles. The van der Waals surface area contributed by atoms with Crippen molar-refractivity contribution in [1.82, 2.24) is 15.2 Å². The highest BCUT2D eigenvalue weighted by Gasteiger charge is 2.51. The van der Waals surface area contributed by atoms with Crippen LogP contribution < -0.4 is 10.1 Å². The monoisotopic (exact) mass is 513 g/mol. The Morgan fingerprint density at radius 3 is 2.53 bits per heavy atom. The van der Waals surface area contributed by atoms with Crippen LogP contribution in [0, 0.1) is 0 Å². The van der Waals surface area contributed by atoms with Crippen molar-refractivity contribution in [3.8, 4) is 5.75 Å². The van der Waals surface area contributed by atoms with Crippen molar-refractivity contribution >= 4 is 33.5 Å². The lowest BCUT2D eigenvalue weighted by molar-refractivity contribution is -0.159. The molecule has 3 aromatic rings. The number of para-hydroxylation sites is 2. The molecule has 2 saturated heterocycles. The van der Waals surface area contributed by atoms with Gasteiger partial charge in [-0.15, -0.1) is 11.3 Å². The molecular weight excluding hydrogens is 482 g/mol. The van der Waals surface area contributed by atoms with E-state index in [1.807, 2.05) is 36.4 Å². The molecule has 36 heavy (non-hydrogen) atoms. The molecule has 4 N–H and O–H groups in total. The first-order chi connectivity index (χ1) is 17.4. The number of ether oxygens (including phenoxy) is 1. The van der Waals surface area contributed by atoms with E-state index in [1.54, 1.807) is 11.3 Å². The van der Waals surface area contributed by atoms with Gasteiger partial charge in [0.25, 0.3) is 0 Å². The minimum Gasteiger partial charge on any atom is -0.492 e. The van der Waals surface area contributed by atoms with E-state index in [2.05, 4.69) is 28.4 Å². The molecule has 3 unspecified atom stereocenters. The Morgan fingerprint density at radius 2 is 1.83 bits per heavy atom. The van der Waals surface area contributed by atoms with Gasteiger partial charge in [-0.1, -0.05) is 30.3 Å². The van der Waals surface area contributed by atoms with Gasteiger partial charge in [0.05, 0.1) is 22.4 Å². The minimum absolute atomic E-state index is 0.00720. The number of carbonyl (C=O) groups is 2. The van der Waals surface area contributed by atoms with Crippen LogP contribution in [0.1, 0.15) is 30.7 Å². The number of hydrogen-bond donors (Lipinski definition) is 4. The van der Waals surface area contributed by atoms with Gasteiger partial charge in [-0.3, -0.25) is 4.90 Å². The lowest BCUT2D eigenvalue weighted by Crippen LogP contribution is -2.60. The standard InChI is InChI=1S/C24H29N3O2S.C2H2O4/c28-13-12-27-19-10-11-24(27,17-29-20-6-2-1-3-7-20)15-18(14-19)25-16-23-26-21-8-4-5-9-22(21)30-23;3-1(4)2(5)6/h1-9,18-19,25,28H,10-17H2;(H,3,4)(H,5,6). The first kappa shape index (κ1) is 26.0. The molecule has 192 valence electrons. The number of fused-ring (bicyclic) bond motifs is 3. The number of piperidine rings is 1. The Kier molecular flexibility index (Phi) is 8.52. The summed E-state index contributed by atoms with van der Waals surface area (Å²) in [6.07, 6.45) is 4.47. The average molecular weight is 514 g/mol. The van der Waals surface area contributed by atoms with Crippen molar-refractivity contribution in [3.63, 3.8) is 0 Å². The predicted octanol–water partition coefficient (Wildman–Crippen LogP) is 2.98. The quantitative estimate of drug-likeness (QED) is 0.336. The molecule has 2 bridgehead atoms. The molecule has 10 heteroatoms. The molecule has 0 spiro atoms. The van der Waals surface area contributed by atoms with Crippen LogP contribution >= 0.6 is 11.3 Å². The first-order valence-corrected chi connectivity index (χ1v) is 12.8. The number of aliphatic hydroxyl groups excluding tert-OH is 1. The molecule has 0 aliphatic carbocycles. The number of thiazole rings is 1. The lowest BCUT2D eigenvalue weighted by atomic mass is 9.85. The molecular formula is C26H31N3O6S. The maximum absolute atomic E-state index is 9.66. The summed E-state index contributed by atoms with van der Waals surface area (Å²) in [6, 6.07) is 19.4. The molecule has 0 saturated carbocycles. The van der Waals surface area contributed by atoms with Gasteiger partial charge in [-0.05, 0) is 49.9 Å². The zero-order valence-corrected chi connectivity index (χ0v) is 20.7. The fraction of sp³-hybridized carbons (Fsp3) is 0.423. The third-order valence-electron chi connectivity index (χ3n) is 6.83. The number of rotatable bonds is 8. The number of carboxylic acid groups (broad SMARTS) is 2. The summed E-state index contributed by atoms with van der Waals surface area (Å²) in [5.74, 6) is -2.73. The highest BCUT2D eigenvalue weighted by Crippen LogP contribution is 2.44. The maximum atomic E-state index is 9.66. The van der Waals surface area contributed by atoms with Crippen LogP contribution in [0.15, 0.2) is 54.6 Å². The molecule has 2 aliphatic rings. The van der Waals surface area contributed by atoms with Gasteiger partial charge in [0.1, 0.15) is 17.4 Å². The molecule has 0 amide bonds. The number of hydrogen-bond acceptors (Lipinski definition) is 8. The van der Waals surface area contributed by atoms with E-state index in [0.717, 1.165) is 48.6 Å². The fourth-order valence-electron chi connectivity index (χ4n) is 5.32. The Labute approximate surface area is 213 Å². The van der Waals surface area contributed by atoms with E-state index in [0.29, 0.717) is 18.7 Å². The largest absolute Gasteiger partial charge is 0.492 e. The van der Waals surface area contributed by atoms with Gasteiger partial charge >= 0.3 is 11.9 Å². The summed E-state index contributed by atoms with van der Waals surface area (Å²) in [4.78, 5) is 25.5. The van der Waals surface area contributed by atoms with Gasteiger partial charge in [0.2, 0.25) is 0 Å². The smallest absolute Gasteiger partial charge is 0.414 e. The molecule has 1 aromatic heterocycles. The van der Waals surface area contributed by atoms with E-state index in [1.165, 1.54) is 11.1 Å². The number of β-amino-alcohol motifs (C(OH)–C–C–N with tert-alkyl or cyclic N) is 1. The van der Waals surface area contributed by atoms with Crippen LogP contribution in [0.2, 0.25) is 0 Å². The molecule has 0 radical (unpaired) electrons. The summed E-state index contributed by atoms with van der Waals surface area (Å²) in [5.41, 5.74) is 1.08. The summed E-state index contributed by atoms with van der Waals surface area (Å²) in [7, 11) is 0. The van der Waals surface area contributed by atoms with Crippen molar-refractivity contribution in [2.45, 2.75) is 49.9 Å². The second-order valence-electron chi connectivity index (χ2n) is 9.14. The molecule has 3 atom stereocenters. The molecule has 2 aliphatic heterocycles.